The van der Waals surface area contributed by atoms with Gasteiger partial charge >= 0.3 is 19.2 Å². The van der Waals surface area contributed by atoms with E-state index in [2.05, 4.69) is 5.32 Å². The highest BCUT2D eigenvalue weighted by Gasteiger charge is 2.26. The number of hydrogen-bond acceptors (Lipinski definition) is 7. The van der Waals surface area contributed by atoms with Crippen molar-refractivity contribution in [2.75, 3.05) is 0 Å². The summed E-state index contributed by atoms with van der Waals surface area (Å²) in [6.45, 7) is 0.305. The Morgan fingerprint density at radius 2 is 1.20 bits per heavy atom. The van der Waals surface area contributed by atoms with E-state index in [0.717, 1.165) is 16.7 Å². The Morgan fingerprint density at radius 3 is 1.75 bits per heavy atom. The van der Waals surface area contributed by atoms with Gasteiger partial charge in [0.15, 0.2) is 0 Å². The van der Waals surface area contributed by atoms with Gasteiger partial charge in [-0.05, 0) is 28.3 Å². The summed E-state index contributed by atoms with van der Waals surface area (Å²) in [6.07, 6.45) is -0.761. The van der Waals surface area contributed by atoms with Gasteiger partial charge in [0.1, 0.15) is 31.6 Å². The van der Waals surface area contributed by atoms with Gasteiger partial charge in [0.05, 0.1) is 0 Å². The van der Waals surface area contributed by atoms with Crippen LogP contribution in [0.4, 0.5) is 4.79 Å². The lowest BCUT2D eigenvalue weighted by molar-refractivity contribution is -0.147. The minimum atomic E-state index is -1.81. The minimum absolute atomic E-state index is 0.0206. The van der Waals surface area contributed by atoms with Crippen molar-refractivity contribution >= 4 is 24.6 Å². The molecule has 9 heteroatoms. The standard InChI is InChI=1S/C31H30BNO7/c34-30(39-21-24-12-6-2-7-13-24)28(33-31(35)40-22-25-14-8-3-9-15-25)19-26-16-17-29(27(18-26)32(36)37)38-20-23-10-4-1-5-11-23/h1-18,28,36-37H,19-22H2,(H,33,35)/t28-/m0/s1. The largest absolute Gasteiger partial charge is 0.492 e. The fourth-order valence-electron chi connectivity index (χ4n) is 3.96. The quantitative estimate of drug-likeness (QED) is 0.187. The highest BCUT2D eigenvalue weighted by Crippen LogP contribution is 2.15. The highest BCUT2D eigenvalue weighted by atomic mass is 16.6. The molecule has 204 valence electrons. The molecule has 1 atom stereocenters. The number of ether oxygens (including phenoxy) is 3. The molecule has 0 aliphatic rings. The average Bonchev–Trinajstić information content (AvgIpc) is 2.99. The fourth-order valence-corrected chi connectivity index (χ4v) is 3.96. The number of alkyl carbamates (subject to hydrolysis) is 1. The van der Waals surface area contributed by atoms with E-state index in [4.69, 9.17) is 14.2 Å². The third-order valence-corrected chi connectivity index (χ3v) is 6.04. The molecular weight excluding hydrogens is 509 g/mol. The van der Waals surface area contributed by atoms with Gasteiger partial charge in [0, 0.05) is 11.9 Å². The molecule has 0 radical (unpaired) electrons. The van der Waals surface area contributed by atoms with Crippen LogP contribution in [0, 0.1) is 0 Å². The van der Waals surface area contributed by atoms with E-state index in [1.165, 1.54) is 6.07 Å². The van der Waals surface area contributed by atoms with Crippen molar-refractivity contribution < 1.29 is 33.8 Å². The first kappa shape index (κ1) is 28.4. The molecule has 0 aromatic heterocycles. The molecule has 3 N–H and O–H groups in total. The number of amides is 1. The van der Waals surface area contributed by atoms with Crippen LogP contribution >= 0.6 is 0 Å². The van der Waals surface area contributed by atoms with Crippen LogP contribution in [0.25, 0.3) is 0 Å². The van der Waals surface area contributed by atoms with Crippen LogP contribution < -0.4 is 15.5 Å². The van der Waals surface area contributed by atoms with Crippen LogP contribution in [0.1, 0.15) is 22.3 Å². The second-order valence-corrected chi connectivity index (χ2v) is 9.08. The zero-order valence-corrected chi connectivity index (χ0v) is 21.8. The minimum Gasteiger partial charge on any atom is -0.489 e. The number of carbonyl (C=O) groups excluding carboxylic acids is 2. The van der Waals surface area contributed by atoms with Gasteiger partial charge in [-0.2, -0.15) is 0 Å². The summed E-state index contributed by atoms with van der Waals surface area (Å²) in [4.78, 5) is 25.7. The van der Waals surface area contributed by atoms with E-state index in [0.29, 0.717) is 11.3 Å². The molecule has 4 aromatic rings. The van der Waals surface area contributed by atoms with Gasteiger partial charge in [0.2, 0.25) is 0 Å². The first-order valence-electron chi connectivity index (χ1n) is 12.8. The first-order valence-corrected chi connectivity index (χ1v) is 12.8. The molecule has 0 aliphatic heterocycles. The zero-order valence-electron chi connectivity index (χ0n) is 21.8. The maximum atomic E-state index is 13.1. The Balaban J connectivity index is 1.46. The van der Waals surface area contributed by atoms with E-state index in [1.54, 1.807) is 12.1 Å². The smallest absolute Gasteiger partial charge is 0.489 e. The monoisotopic (exact) mass is 539 g/mol. The number of benzene rings is 4. The summed E-state index contributed by atoms with van der Waals surface area (Å²) in [5.74, 6) is -0.364. The molecule has 0 saturated heterocycles. The van der Waals surface area contributed by atoms with E-state index < -0.39 is 25.2 Å². The number of hydrogen-bond donors (Lipinski definition) is 3. The lowest BCUT2D eigenvalue weighted by Gasteiger charge is -2.19. The summed E-state index contributed by atoms with van der Waals surface area (Å²) in [5.41, 5.74) is 3.21. The topological polar surface area (TPSA) is 114 Å². The van der Waals surface area contributed by atoms with Crippen molar-refractivity contribution in [3.05, 3.63) is 131 Å². The number of rotatable bonds is 12. The Labute approximate surface area is 233 Å². The Hall–Kier alpha value is -4.60. The maximum absolute atomic E-state index is 13.1. The first-order chi connectivity index (χ1) is 19.5. The molecule has 0 aliphatic carbocycles. The zero-order chi connectivity index (χ0) is 28.2. The van der Waals surface area contributed by atoms with Gasteiger partial charge in [-0.1, -0.05) is 103 Å². The molecule has 0 heterocycles. The molecule has 40 heavy (non-hydrogen) atoms. The Bertz CT molecular complexity index is 1370. The van der Waals surface area contributed by atoms with E-state index in [1.807, 2.05) is 91.0 Å². The molecular formula is C31H30BNO7. The summed E-state index contributed by atoms with van der Waals surface area (Å²) in [5, 5.41) is 22.6. The molecule has 1 amide bonds. The summed E-state index contributed by atoms with van der Waals surface area (Å²) in [6, 6.07) is 31.6. The van der Waals surface area contributed by atoms with Crippen molar-refractivity contribution in [2.45, 2.75) is 32.3 Å². The number of nitrogens with one attached hydrogen (secondary N) is 1. The van der Waals surface area contributed by atoms with Crippen molar-refractivity contribution in [1.82, 2.24) is 5.32 Å². The third-order valence-electron chi connectivity index (χ3n) is 6.04. The lowest BCUT2D eigenvalue weighted by Crippen LogP contribution is -2.43. The van der Waals surface area contributed by atoms with Crippen molar-refractivity contribution in [2.24, 2.45) is 0 Å². The van der Waals surface area contributed by atoms with Crippen molar-refractivity contribution in [3.8, 4) is 5.75 Å². The van der Waals surface area contributed by atoms with Crippen LogP contribution in [0.3, 0.4) is 0 Å². The molecule has 8 nitrogen and oxygen atoms in total. The molecule has 0 saturated carbocycles. The van der Waals surface area contributed by atoms with Crippen LogP contribution in [0.15, 0.2) is 109 Å². The highest BCUT2D eigenvalue weighted by molar-refractivity contribution is 6.59. The van der Waals surface area contributed by atoms with Crippen molar-refractivity contribution in [1.29, 1.82) is 0 Å². The van der Waals surface area contributed by atoms with Crippen molar-refractivity contribution in [3.63, 3.8) is 0 Å². The van der Waals surface area contributed by atoms with E-state index in [9.17, 15) is 19.6 Å². The van der Waals surface area contributed by atoms with Gasteiger partial charge in [-0.3, -0.25) is 0 Å². The van der Waals surface area contributed by atoms with Crippen LogP contribution in [-0.2, 0) is 40.5 Å². The van der Waals surface area contributed by atoms with E-state index in [-0.39, 0.29) is 31.7 Å². The SMILES string of the molecule is O=C(N[C@@H](Cc1ccc(OCc2ccccc2)c(B(O)O)c1)C(=O)OCc1ccccc1)OCc1ccccc1. The summed E-state index contributed by atoms with van der Waals surface area (Å²) in [7, 11) is -1.81. The average molecular weight is 539 g/mol. The molecule has 0 spiro atoms. The maximum Gasteiger partial charge on any atom is 0.492 e. The number of carbonyl (C=O) groups is 2. The second kappa shape index (κ2) is 14.5. The second-order valence-electron chi connectivity index (χ2n) is 9.08. The summed E-state index contributed by atoms with van der Waals surface area (Å²) < 4.78 is 16.6. The molecule has 4 aromatic carbocycles. The van der Waals surface area contributed by atoms with Crippen LogP contribution in [-0.4, -0.2) is 35.3 Å². The number of esters is 1. The van der Waals surface area contributed by atoms with Gasteiger partial charge in [-0.25, -0.2) is 9.59 Å². The third kappa shape index (κ3) is 8.73. The fraction of sp³-hybridized carbons (Fsp3) is 0.161. The summed E-state index contributed by atoms with van der Waals surface area (Å²) >= 11 is 0. The van der Waals surface area contributed by atoms with Gasteiger partial charge in [0.25, 0.3) is 0 Å². The molecule has 4 rings (SSSR count). The normalized spacial score (nSPS) is 11.2. The Morgan fingerprint density at radius 1 is 0.675 bits per heavy atom. The Kier molecular flexibility index (Phi) is 10.3. The molecule has 0 fully saturated rings. The lowest BCUT2D eigenvalue weighted by atomic mass is 9.78. The van der Waals surface area contributed by atoms with Crippen LogP contribution in [0.2, 0.25) is 0 Å². The van der Waals surface area contributed by atoms with Crippen LogP contribution in [0.5, 0.6) is 5.75 Å². The van der Waals surface area contributed by atoms with Gasteiger partial charge < -0.3 is 29.6 Å². The predicted molar refractivity (Wildman–Crippen MR) is 151 cm³/mol. The van der Waals surface area contributed by atoms with Gasteiger partial charge in [-0.15, -0.1) is 0 Å². The predicted octanol–water partition coefficient (Wildman–Crippen LogP) is 3.53. The van der Waals surface area contributed by atoms with E-state index >= 15 is 0 Å². The molecule has 0 unspecified atom stereocenters. The molecule has 0 bridgehead atoms.